The lowest BCUT2D eigenvalue weighted by Gasteiger charge is -2.07. The average molecular weight is 460 g/mol. The Morgan fingerprint density at radius 3 is 2.59 bits per heavy atom. The molecule has 2 nitrogen and oxygen atoms in total. The van der Waals surface area contributed by atoms with E-state index in [2.05, 4.69) is 62.3 Å². The highest BCUT2D eigenvalue weighted by molar-refractivity contribution is 9.10. The van der Waals surface area contributed by atoms with E-state index < -0.39 is 0 Å². The molecular weight excluding hydrogens is 443 g/mol. The summed E-state index contributed by atoms with van der Waals surface area (Å²) in [5.74, 6) is 0. The highest BCUT2D eigenvalue weighted by Crippen LogP contribution is 2.27. The standard InChI is InChI=1S/C22H17BrCl2N2/c23-20-9-8-18(11-21(20)25)26-12-16-14-27(22-7-2-1-6-19(16)22)13-15-4-3-5-17(24)10-15/h1-11,14,26H,12-13H2. The molecule has 0 unspecified atom stereocenters. The van der Waals surface area contributed by atoms with E-state index in [1.165, 1.54) is 22.0 Å². The van der Waals surface area contributed by atoms with Crippen LogP contribution in [-0.4, -0.2) is 4.57 Å². The second-order valence-corrected chi connectivity index (χ2v) is 8.11. The molecule has 3 aromatic carbocycles. The molecule has 27 heavy (non-hydrogen) atoms. The molecule has 0 saturated carbocycles. The third kappa shape index (κ3) is 4.16. The quantitative estimate of drug-likeness (QED) is 0.329. The molecule has 136 valence electrons. The second kappa shape index (κ2) is 7.97. The number of para-hydroxylation sites is 1. The van der Waals surface area contributed by atoms with Gasteiger partial charge in [-0.15, -0.1) is 0 Å². The zero-order valence-electron chi connectivity index (χ0n) is 14.4. The van der Waals surface area contributed by atoms with Crippen LogP contribution in [0.4, 0.5) is 5.69 Å². The Balaban J connectivity index is 1.62. The first kappa shape index (κ1) is 18.4. The molecule has 0 radical (unpaired) electrons. The second-order valence-electron chi connectivity index (χ2n) is 6.41. The molecule has 0 saturated heterocycles. The molecule has 0 fully saturated rings. The molecule has 0 amide bonds. The maximum Gasteiger partial charge on any atom is 0.0568 e. The third-order valence-electron chi connectivity index (χ3n) is 4.52. The van der Waals surface area contributed by atoms with Crippen molar-refractivity contribution in [2.45, 2.75) is 13.1 Å². The largest absolute Gasteiger partial charge is 0.381 e. The van der Waals surface area contributed by atoms with E-state index in [1.54, 1.807) is 0 Å². The summed E-state index contributed by atoms with van der Waals surface area (Å²) in [6.45, 7) is 1.51. The Kier molecular flexibility index (Phi) is 5.44. The fraction of sp³-hybridized carbons (Fsp3) is 0.0909. The van der Waals surface area contributed by atoms with Crippen molar-refractivity contribution in [3.63, 3.8) is 0 Å². The van der Waals surface area contributed by atoms with Crippen molar-refractivity contribution in [2.75, 3.05) is 5.32 Å². The molecule has 4 aromatic rings. The van der Waals surface area contributed by atoms with E-state index in [4.69, 9.17) is 23.2 Å². The Hall–Kier alpha value is -1.94. The van der Waals surface area contributed by atoms with Gasteiger partial charge >= 0.3 is 0 Å². The Morgan fingerprint density at radius 2 is 1.78 bits per heavy atom. The maximum absolute atomic E-state index is 6.20. The van der Waals surface area contributed by atoms with Crippen LogP contribution in [0, 0.1) is 0 Å². The summed E-state index contributed by atoms with van der Waals surface area (Å²) in [4.78, 5) is 0. The van der Waals surface area contributed by atoms with Crippen molar-refractivity contribution in [3.05, 3.63) is 98.6 Å². The van der Waals surface area contributed by atoms with Gasteiger partial charge in [-0.05, 0) is 63.5 Å². The average Bonchev–Trinajstić information content (AvgIpc) is 3.01. The first-order chi connectivity index (χ1) is 13.1. The molecule has 0 aliphatic heterocycles. The van der Waals surface area contributed by atoms with Crippen molar-refractivity contribution < 1.29 is 0 Å². The Labute approximate surface area is 176 Å². The zero-order valence-corrected chi connectivity index (χ0v) is 17.5. The highest BCUT2D eigenvalue weighted by atomic mass is 79.9. The summed E-state index contributed by atoms with van der Waals surface area (Å²) in [5.41, 5.74) is 4.63. The van der Waals surface area contributed by atoms with Gasteiger partial charge < -0.3 is 9.88 Å². The number of aromatic nitrogens is 1. The predicted octanol–water partition coefficient (Wildman–Crippen LogP) is 7.37. The first-order valence-electron chi connectivity index (χ1n) is 8.60. The number of rotatable bonds is 5. The summed E-state index contributed by atoms with van der Waals surface area (Å²) >= 11 is 15.8. The molecule has 0 atom stereocenters. The van der Waals surface area contributed by atoms with Crippen molar-refractivity contribution in [1.82, 2.24) is 4.57 Å². The number of halogens is 3. The number of nitrogens with zero attached hydrogens (tertiary/aromatic N) is 1. The fourth-order valence-corrected chi connectivity index (χ4v) is 3.87. The van der Waals surface area contributed by atoms with Crippen LogP contribution >= 0.6 is 39.1 Å². The normalized spacial score (nSPS) is 11.1. The first-order valence-corrected chi connectivity index (χ1v) is 10.1. The topological polar surface area (TPSA) is 17.0 Å². The van der Waals surface area contributed by atoms with Crippen LogP contribution in [0.15, 0.2) is 77.4 Å². The molecule has 4 rings (SSSR count). The Bertz CT molecular complexity index is 1100. The van der Waals surface area contributed by atoms with Gasteiger partial charge in [-0.1, -0.05) is 53.5 Å². The van der Waals surface area contributed by atoms with Gasteiger partial charge in [-0.2, -0.15) is 0 Å². The zero-order chi connectivity index (χ0) is 18.8. The molecule has 0 spiro atoms. The summed E-state index contributed by atoms with van der Waals surface area (Å²) in [6.07, 6.45) is 2.21. The van der Waals surface area contributed by atoms with E-state index in [-0.39, 0.29) is 0 Å². The fourth-order valence-electron chi connectivity index (χ4n) is 3.23. The molecule has 1 N–H and O–H groups in total. The van der Waals surface area contributed by atoms with E-state index in [0.29, 0.717) is 5.02 Å². The van der Waals surface area contributed by atoms with Gasteiger partial charge in [-0.25, -0.2) is 0 Å². The van der Waals surface area contributed by atoms with E-state index in [1.807, 2.05) is 36.4 Å². The SMILES string of the molecule is Clc1cccc(Cn2cc(CNc3ccc(Br)c(Cl)c3)c3ccccc32)c1. The van der Waals surface area contributed by atoms with Gasteiger partial charge in [0.15, 0.2) is 0 Å². The van der Waals surface area contributed by atoms with Crippen molar-refractivity contribution >= 4 is 55.7 Å². The monoisotopic (exact) mass is 458 g/mol. The summed E-state index contributed by atoms with van der Waals surface area (Å²) in [5, 5.41) is 6.17. The minimum atomic E-state index is 0.698. The molecule has 0 aliphatic rings. The highest BCUT2D eigenvalue weighted by Gasteiger charge is 2.09. The lowest BCUT2D eigenvalue weighted by molar-refractivity contribution is 0.831. The molecular formula is C22H17BrCl2N2. The van der Waals surface area contributed by atoms with Crippen LogP contribution in [0.3, 0.4) is 0 Å². The molecule has 0 aliphatic carbocycles. The van der Waals surface area contributed by atoms with Gasteiger partial charge in [0.25, 0.3) is 0 Å². The molecule has 1 aromatic heterocycles. The number of anilines is 1. The predicted molar refractivity (Wildman–Crippen MR) is 119 cm³/mol. The number of nitrogens with one attached hydrogen (secondary N) is 1. The maximum atomic E-state index is 6.20. The summed E-state index contributed by atoms with van der Waals surface area (Å²) < 4.78 is 3.17. The van der Waals surface area contributed by atoms with Crippen LogP contribution in [0.2, 0.25) is 10.0 Å². The van der Waals surface area contributed by atoms with Crippen molar-refractivity contribution in [3.8, 4) is 0 Å². The lowest BCUT2D eigenvalue weighted by Crippen LogP contribution is -2.00. The number of fused-ring (bicyclic) bond motifs is 1. The van der Waals surface area contributed by atoms with Crippen LogP contribution in [0.1, 0.15) is 11.1 Å². The van der Waals surface area contributed by atoms with E-state index in [0.717, 1.165) is 28.3 Å². The van der Waals surface area contributed by atoms with Gasteiger partial charge in [0, 0.05) is 45.4 Å². The van der Waals surface area contributed by atoms with Crippen LogP contribution < -0.4 is 5.32 Å². The van der Waals surface area contributed by atoms with Crippen LogP contribution in [0.25, 0.3) is 10.9 Å². The van der Waals surface area contributed by atoms with Crippen LogP contribution in [0.5, 0.6) is 0 Å². The Morgan fingerprint density at radius 1 is 0.926 bits per heavy atom. The smallest absolute Gasteiger partial charge is 0.0568 e. The molecule has 1 heterocycles. The van der Waals surface area contributed by atoms with E-state index >= 15 is 0 Å². The number of benzene rings is 3. The van der Waals surface area contributed by atoms with Gasteiger partial charge in [-0.3, -0.25) is 0 Å². The van der Waals surface area contributed by atoms with Gasteiger partial charge in [0.2, 0.25) is 0 Å². The molecule has 0 bridgehead atoms. The minimum Gasteiger partial charge on any atom is -0.381 e. The number of hydrogen-bond donors (Lipinski definition) is 1. The van der Waals surface area contributed by atoms with E-state index in [9.17, 15) is 0 Å². The summed E-state index contributed by atoms with van der Waals surface area (Å²) in [6, 6.07) is 22.4. The van der Waals surface area contributed by atoms with Gasteiger partial charge in [0.05, 0.1) is 5.02 Å². The molecule has 5 heteroatoms. The van der Waals surface area contributed by atoms with Crippen molar-refractivity contribution in [2.24, 2.45) is 0 Å². The summed E-state index contributed by atoms with van der Waals surface area (Å²) in [7, 11) is 0. The van der Waals surface area contributed by atoms with Gasteiger partial charge in [0.1, 0.15) is 0 Å². The van der Waals surface area contributed by atoms with Crippen molar-refractivity contribution in [1.29, 1.82) is 0 Å². The van der Waals surface area contributed by atoms with Crippen LogP contribution in [-0.2, 0) is 13.1 Å². The third-order valence-corrected chi connectivity index (χ3v) is 5.98. The minimum absolute atomic E-state index is 0.698. The number of hydrogen-bond acceptors (Lipinski definition) is 1. The lowest BCUT2D eigenvalue weighted by atomic mass is 10.1.